The Hall–Kier alpha value is -2.72. The van der Waals surface area contributed by atoms with Crippen LogP contribution in [0.4, 0.5) is 0 Å². The summed E-state index contributed by atoms with van der Waals surface area (Å²) >= 11 is 1.63. The number of likely N-dealkylation sites (tertiary alicyclic amines) is 1. The van der Waals surface area contributed by atoms with Crippen molar-refractivity contribution in [1.82, 2.24) is 15.2 Å². The summed E-state index contributed by atoms with van der Waals surface area (Å²) < 4.78 is 0. The molecule has 7 heteroatoms. The Morgan fingerprint density at radius 2 is 2.30 bits per heavy atom. The van der Waals surface area contributed by atoms with Gasteiger partial charge in [-0.2, -0.15) is 5.26 Å². The van der Waals surface area contributed by atoms with Gasteiger partial charge >= 0.3 is 0 Å². The monoisotopic (exact) mass is 382 g/mol. The predicted octanol–water partition coefficient (Wildman–Crippen LogP) is 2.71. The third kappa shape index (κ3) is 4.92. The molecule has 27 heavy (non-hydrogen) atoms. The van der Waals surface area contributed by atoms with Crippen LogP contribution in [-0.2, 0) is 11.2 Å². The van der Waals surface area contributed by atoms with Gasteiger partial charge in [0, 0.05) is 49.8 Å². The van der Waals surface area contributed by atoms with Crippen molar-refractivity contribution >= 4 is 23.2 Å². The Balaban J connectivity index is 1.64. The number of nitrogens with zero attached hydrogens (tertiary/aromatic N) is 3. The molecule has 1 saturated heterocycles. The second kappa shape index (κ2) is 8.78. The Labute approximate surface area is 162 Å². The van der Waals surface area contributed by atoms with Gasteiger partial charge in [0.25, 0.3) is 5.91 Å². The number of piperidine rings is 1. The molecule has 0 saturated carbocycles. The highest BCUT2D eigenvalue weighted by Gasteiger charge is 2.27. The molecule has 1 aromatic carbocycles. The maximum atomic E-state index is 12.8. The van der Waals surface area contributed by atoms with Crippen LogP contribution in [-0.4, -0.2) is 41.3 Å². The number of benzene rings is 1. The summed E-state index contributed by atoms with van der Waals surface area (Å²) in [5.74, 6) is 0.174. The number of aromatic nitrogens is 1. The van der Waals surface area contributed by atoms with Crippen LogP contribution in [0.3, 0.4) is 0 Å². The van der Waals surface area contributed by atoms with Gasteiger partial charge in [0.15, 0.2) is 0 Å². The van der Waals surface area contributed by atoms with E-state index < -0.39 is 0 Å². The largest absolute Gasteiger partial charge is 0.356 e. The van der Waals surface area contributed by atoms with Crippen LogP contribution in [0.25, 0.3) is 0 Å². The van der Waals surface area contributed by atoms with E-state index in [9.17, 15) is 9.59 Å². The van der Waals surface area contributed by atoms with Crippen LogP contribution >= 0.6 is 11.3 Å². The molecule has 0 unspecified atom stereocenters. The van der Waals surface area contributed by atoms with Gasteiger partial charge in [-0.1, -0.05) is 6.07 Å². The maximum Gasteiger partial charge on any atom is 0.253 e. The quantitative estimate of drug-likeness (QED) is 0.861. The average molecular weight is 382 g/mol. The van der Waals surface area contributed by atoms with Crippen molar-refractivity contribution in [3.63, 3.8) is 0 Å². The molecule has 0 bridgehead atoms. The van der Waals surface area contributed by atoms with Crippen LogP contribution in [0, 0.1) is 11.3 Å². The molecule has 2 amide bonds. The van der Waals surface area contributed by atoms with Crippen molar-refractivity contribution in [2.45, 2.75) is 32.1 Å². The van der Waals surface area contributed by atoms with Crippen molar-refractivity contribution < 1.29 is 9.59 Å². The number of nitrogens with one attached hydrogen (secondary N) is 1. The molecular weight excluding hydrogens is 360 g/mol. The topological polar surface area (TPSA) is 86.1 Å². The lowest BCUT2D eigenvalue weighted by atomic mass is 9.97. The first-order chi connectivity index (χ1) is 13.1. The molecule has 6 nitrogen and oxygen atoms in total. The highest BCUT2D eigenvalue weighted by atomic mass is 32.1. The van der Waals surface area contributed by atoms with Gasteiger partial charge in [0.1, 0.15) is 0 Å². The van der Waals surface area contributed by atoms with E-state index in [0.29, 0.717) is 30.6 Å². The van der Waals surface area contributed by atoms with Crippen LogP contribution in [0.5, 0.6) is 0 Å². The SMILES string of the molecule is CC(=O)NCCc1csc([C@H]2CCCN(C(=O)c3cccc(C#N)c3)C2)n1. The van der Waals surface area contributed by atoms with Gasteiger partial charge < -0.3 is 10.2 Å². The number of carbonyl (C=O) groups is 2. The van der Waals surface area contributed by atoms with E-state index >= 15 is 0 Å². The Kier molecular flexibility index (Phi) is 6.20. The van der Waals surface area contributed by atoms with Crippen molar-refractivity contribution in [3.05, 3.63) is 51.5 Å². The molecule has 1 aliphatic heterocycles. The molecule has 3 rings (SSSR count). The second-order valence-corrected chi connectivity index (χ2v) is 7.58. The first-order valence-corrected chi connectivity index (χ1v) is 9.93. The second-order valence-electron chi connectivity index (χ2n) is 6.69. The van der Waals surface area contributed by atoms with Gasteiger partial charge in [0.05, 0.1) is 22.3 Å². The number of hydrogen-bond donors (Lipinski definition) is 1. The maximum absolute atomic E-state index is 12.8. The van der Waals surface area contributed by atoms with Crippen LogP contribution in [0.15, 0.2) is 29.6 Å². The number of nitriles is 1. The molecule has 2 heterocycles. The molecular formula is C20H22N4O2S. The van der Waals surface area contributed by atoms with Crippen LogP contribution < -0.4 is 5.32 Å². The number of amides is 2. The zero-order valence-corrected chi connectivity index (χ0v) is 16.1. The third-order valence-electron chi connectivity index (χ3n) is 4.62. The Morgan fingerprint density at radius 1 is 1.44 bits per heavy atom. The number of carbonyl (C=O) groups excluding carboxylic acids is 2. The van der Waals surface area contributed by atoms with Crippen molar-refractivity contribution in [3.8, 4) is 6.07 Å². The summed E-state index contributed by atoms with van der Waals surface area (Å²) in [5, 5.41) is 14.9. The molecule has 1 aromatic heterocycles. The minimum Gasteiger partial charge on any atom is -0.356 e. The summed E-state index contributed by atoms with van der Waals surface area (Å²) in [4.78, 5) is 30.3. The smallest absolute Gasteiger partial charge is 0.253 e. The average Bonchev–Trinajstić information content (AvgIpc) is 3.16. The first kappa shape index (κ1) is 19.1. The lowest BCUT2D eigenvalue weighted by Gasteiger charge is -2.32. The van der Waals surface area contributed by atoms with Crippen LogP contribution in [0.2, 0.25) is 0 Å². The first-order valence-electron chi connectivity index (χ1n) is 9.05. The van der Waals surface area contributed by atoms with Gasteiger partial charge in [-0.25, -0.2) is 4.98 Å². The van der Waals surface area contributed by atoms with E-state index in [-0.39, 0.29) is 17.7 Å². The Bertz CT molecular complexity index is 871. The summed E-state index contributed by atoms with van der Waals surface area (Å²) in [6.07, 6.45) is 2.67. The fourth-order valence-corrected chi connectivity index (χ4v) is 4.24. The fraction of sp³-hybridized carbons (Fsp3) is 0.400. The highest BCUT2D eigenvalue weighted by Crippen LogP contribution is 2.30. The van der Waals surface area contributed by atoms with Gasteiger partial charge in [-0.05, 0) is 31.0 Å². The third-order valence-corrected chi connectivity index (χ3v) is 5.68. The Morgan fingerprint density at radius 3 is 3.07 bits per heavy atom. The van der Waals surface area contributed by atoms with Crippen molar-refractivity contribution in [2.24, 2.45) is 0 Å². The minimum absolute atomic E-state index is 0.0285. The molecule has 0 spiro atoms. The number of thiazole rings is 1. The summed E-state index contributed by atoms with van der Waals surface area (Å²) in [6, 6.07) is 8.94. The zero-order valence-electron chi connectivity index (χ0n) is 15.3. The standard InChI is InChI=1S/C20H22N4O2S/c1-14(25)22-8-7-18-13-27-19(23-18)17-6-3-9-24(12-17)20(26)16-5-2-4-15(10-16)11-21/h2,4-5,10,13,17H,3,6-9,12H2,1H3,(H,22,25)/t17-/m0/s1. The lowest BCUT2D eigenvalue weighted by molar-refractivity contribution is -0.118. The minimum atomic E-state index is -0.0349. The van der Waals surface area contributed by atoms with Crippen molar-refractivity contribution in [2.75, 3.05) is 19.6 Å². The van der Waals surface area contributed by atoms with Crippen LogP contribution in [0.1, 0.15) is 52.3 Å². The molecule has 140 valence electrons. The van der Waals surface area contributed by atoms with E-state index in [1.165, 1.54) is 6.92 Å². The fourth-order valence-electron chi connectivity index (χ4n) is 3.26. The summed E-state index contributed by atoms with van der Waals surface area (Å²) in [7, 11) is 0. The predicted molar refractivity (Wildman–Crippen MR) is 104 cm³/mol. The van der Waals surface area contributed by atoms with E-state index in [1.807, 2.05) is 10.3 Å². The molecule has 1 atom stereocenters. The normalized spacial score (nSPS) is 16.6. The van der Waals surface area contributed by atoms with Gasteiger partial charge in [0.2, 0.25) is 5.91 Å². The van der Waals surface area contributed by atoms with E-state index in [0.717, 1.165) is 30.1 Å². The van der Waals surface area contributed by atoms with E-state index in [2.05, 4.69) is 11.4 Å². The summed E-state index contributed by atoms with van der Waals surface area (Å²) in [6.45, 7) is 3.47. The van der Waals surface area contributed by atoms with Gasteiger partial charge in [-0.3, -0.25) is 9.59 Å². The molecule has 1 aliphatic rings. The zero-order chi connectivity index (χ0) is 19.2. The lowest BCUT2D eigenvalue weighted by Crippen LogP contribution is -2.39. The van der Waals surface area contributed by atoms with E-state index in [4.69, 9.17) is 10.2 Å². The van der Waals surface area contributed by atoms with Crippen molar-refractivity contribution in [1.29, 1.82) is 5.26 Å². The molecule has 0 aliphatic carbocycles. The number of rotatable bonds is 5. The van der Waals surface area contributed by atoms with Gasteiger partial charge in [-0.15, -0.1) is 11.3 Å². The highest BCUT2D eigenvalue weighted by molar-refractivity contribution is 7.09. The summed E-state index contributed by atoms with van der Waals surface area (Å²) in [5.41, 5.74) is 2.04. The molecule has 0 radical (unpaired) electrons. The van der Waals surface area contributed by atoms with E-state index in [1.54, 1.807) is 35.6 Å². The number of hydrogen-bond acceptors (Lipinski definition) is 5. The molecule has 1 N–H and O–H groups in total. The molecule has 2 aromatic rings. The molecule has 1 fully saturated rings.